The van der Waals surface area contributed by atoms with Crippen molar-refractivity contribution < 1.29 is 27.5 Å². The molecule has 1 amide bonds. The number of carbonyl (C=O) groups excluding carboxylic acids is 2. The van der Waals surface area contributed by atoms with E-state index in [-0.39, 0.29) is 24.5 Å². The van der Waals surface area contributed by atoms with Crippen LogP contribution in [-0.4, -0.2) is 35.0 Å². The molecule has 26 heavy (non-hydrogen) atoms. The summed E-state index contributed by atoms with van der Waals surface area (Å²) in [5.41, 5.74) is 4.00. The number of nitrogens with zero attached hydrogens (tertiary/aromatic N) is 2. The van der Waals surface area contributed by atoms with E-state index in [1.165, 1.54) is 6.92 Å². The molecule has 1 fully saturated rings. The minimum Gasteiger partial charge on any atom is -0.458 e. The van der Waals surface area contributed by atoms with Gasteiger partial charge in [-0.15, -0.1) is 0 Å². The molecule has 2 N–H and O–H groups in total. The number of hydrogen-bond donors (Lipinski definition) is 1. The summed E-state index contributed by atoms with van der Waals surface area (Å²) in [6.07, 6.45) is -4.66. The largest absolute Gasteiger partial charge is 0.458 e. The van der Waals surface area contributed by atoms with E-state index in [1.807, 2.05) is 0 Å². The number of alkyl halides is 3. The Morgan fingerprint density at radius 3 is 2.46 bits per heavy atom. The molecular formula is C17H22F3N3O3. The summed E-state index contributed by atoms with van der Waals surface area (Å²) in [6.45, 7) is 6.40. The second-order valence-electron chi connectivity index (χ2n) is 7.30. The van der Waals surface area contributed by atoms with Gasteiger partial charge in [0.1, 0.15) is 17.5 Å². The Labute approximate surface area is 149 Å². The van der Waals surface area contributed by atoms with Crippen LogP contribution in [0.2, 0.25) is 0 Å². The second-order valence-corrected chi connectivity index (χ2v) is 7.30. The lowest BCUT2D eigenvalue weighted by Gasteiger charge is -2.29. The zero-order chi connectivity index (χ0) is 19.9. The molecular weight excluding hydrogens is 351 g/mol. The molecule has 6 nitrogen and oxygen atoms in total. The number of halogens is 3. The summed E-state index contributed by atoms with van der Waals surface area (Å²) in [7, 11) is 0. The molecule has 0 aromatic carbocycles. The first-order valence-electron chi connectivity index (χ1n) is 8.14. The van der Waals surface area contributed by atoms with E-state index in [4.69, 9.17) is 10.5 Å². The third kappa shape index (κ3) is 4.32. The fraction of sp³-hybridized carbons (Fsp3) is 0.588. The van der Waals surface area contributed by atoms with E-state index in [0.717, 1.165) is 17.0 Å². The summed E-state index contributed by atoms with van der Waals surface area (Å²) < 4.78 is 44.7. The van der Waals surface area contributed by atoms with Gasteiger partial charge in [0.25, 0.3) is 0 Å². The number of aromatic nitrogens is 1. The molecule has 1 aliphatic heterocycles. The van der Waals surface area contributed by atoms with Gasteiger partial charge >= 0.3 is 12.1 Å². The Bertz CT molecular complexity index is 713. The number of ether oxygens (including phenoxy) is 1. The molecule has 0 unspecified atom stereocenters. The first kappa shape index (κ1) is 20.2. The standard InChI is InChI=1S/C17H22F3N3O3/c1-9-5-11(17(18,19)20)7-12(22-9)23-13(24)6-10(8-21)14(23)15(25)26-16(2,3)4/h5,7,10,14H,6,8,21H2,1-4H3/t10-,14+/m1/s1. The van der Waals surface area contributed by atoms with Crippen LogP contribution in [0.25, 0.3) is 0 Å². The maximum atomic E-state index is 13.1. The summed E-state index contributed by atoms with van der Waals surface area (Å²) in [5.74, 6) is -2.01. The predicted octanol–water partition coefficient (Wildman–Crippen LogP) is 2.43. The summed E-state index contributed by atoms with van der Waals surface area (Å²) in [4.78, 5) is 30.1. The fourth-order valence-electron chi connectivity index (χ4n) is 2.88. The number of nitrogens with two attached hydrogens (primary N) is 1. The predicted molar refractivity (Wildman–Crippen MR) is 88.3 cm³/mol. The van der Waals surface area contributed by atoms with Crippen molar-refractivity contribution in [2.75, 3.05) is 11.4 Å². The van der Waals surface area contributed by atoms with Crippen LogP contribution in [0.15, 0.2) is 12.1 Å². The number of esters is 1. The van der Waals surface area contributed by atoms with Crippen molar-refractivity contribution in [2.45, 2.75) is 51.9 Å². The van der Waals surface area contributed by atoms with E-state index in [0.29, 0.717) is 0 Å². The first-order valence-corrected chi connectivity index (χ1v) is 8.14. The van der Waals surface area contributed by atoms with Crippen molar-refractivity contribution in [3.63, 3.8) is 0 Å². The van der Waals surface area contributed by atoms with E-state index < -0.39 is 41.2 Å². The molecule has 1 saturated heterocycles. The third-order valence-corrected chi connectivity index (χ3v) is 3.90. The molecule has 0 saturated carbocycles. The SMILES string of the molecule is Cc1cc(C(F)(F)F)cc(N2C(=O)C[C@H](CN)[C@H]2C(=O)OC(C)(C)C)n1. The lowest BCUT2D eigenvalue weighted by atomic mass is 10.00. The summed E-state index contributed by atoms with van der Waals surface area (Å²) in [6, 6.07) is 0.538. The van der Waals surface area contributed by atoms with E-state index >= 15 is 0 Å². The molecule has 144 valence electrons. The highest BCUT2D eigenvalue weighted by Crippen LogP contribution is 2.36. The number of pyridine rings is 1. The quantitative estimate of drug-likeness (QED) is 0.823. The molecule has 1 aliphatic rings. The molecule has 1 aromatic rings. The molecule has 9 heteroatoms. The third-order valence-electron chi connectivity index (χ3n) is 3.90. The highest BCUT2D eigenvalue weighted by atomic mass is 19.4. The highest BCUT2D eigenvalue weighted by Gasteiger charge is 2.47. The van der Waals surface area contributed by atoms with Crippen LogP contribution in [0, 0.1) is 12.8 Å². The van der Waals surface area contributed by atoms with Crippen molar-refractivity contribution in [2.24, 2.45) is 11.7 Å². The maximum Gasteiger partial charge on any atom is 0.416 e. The van der Waals surface area contributed by atoms with Crippen LogP contribution in [-0.2, 0) is 20.5 Å². The van der Waals surface area contributed by atoms with Crippen LogP contribution in [0.3, 0.4) is 0 Å². The van der Waals surface area contributed by atoms with Gasteiger partial charge in [-0.3, -0.25) is 9.69 Å². The van der Waals surface area contributed by atoms with Crippen LogP contribution >= 0.6 is 0 Å². The van der Waals surface area contributed by atoms with Gasteiger partial charge in [-0.2, -0.15) is 13.2 Å². The van der Waals surface area contributed by atoms with E-state index in [9.17, 15) is 22.8 Å². The van der Waals surface area contributed by atoms with Gasteiger partial charge in [0, 0.05) is 18.0 Å². The Kier molecular flexibility index (Phi) is 5.32. The Hall–Kier alpha value is -2.16. The molecule has 0 bridgehead atoms. The average molecular weight is 373 g/mol. The van der Waals surface area contributed by atoms with E-state index in [2.05, 4.69) is 4.98 Å². The van der Waals surface area contributed by atoms with Gasteiger partial charge in [-0.25, -0.2) is 9.78 Å². The van der Waals surface area contributed by atoms with Gasteiger partial charge in [0.15, 0.2) is 0 Å². The van der Waals surface area contributed by atoms with Crippen LogP contribution in [0.4, 0.5) is 19.0 Å². The second kappa shape index (κ2) is 6.86. The summed E-state index contributed by atoms with van der Waals surface area (Å²) >= 11 is 0. The van der Waals surface area contributed by atoms with Gasteiger partial charge in [-0.1, -0.05) is 0 Å². The number of rotatable bonds is 3. The van der Waals surface area contributed by atoms with Gasteiger partial charge in [0.2, 0.25) is 5.91 Å². The molecule has 0 radical (unpaired) electrons. The zero-order valence-corrected chi connectivity index (χ0v) is 15.1. The zero-order valence-electron chi connectivity index (χ0n) is 15.1. The molecule has 2 rings (SSSR count). The highest BCUT2D eigenvalue weighted by molar-refractivity contribution is 6.02. The van der Waals surface area contributed by atoms with Crippen LogP contribution in [0.5, 0.6) is 0 Å². The van der Waals surface area contributed by atoms with Crippen LogP contribution < -0.4 is 10.6 Å². The lowest BCUT2D eigenvalue weighted by Crippen LogP contribution is -2.46. The number of hydrogen-bond acceptors (Lipinski definition) is 5. The van der Waals surface area contributed by atoms with Crippen molar-refractivity contribution >= 4 is 17.7 Å². The van der Waals surface area contributed by atoms with Gasteiger partial charge in [0.05, 0.1) is 5.56 Å². The topological polar surface area (TPSA) is 85.5 Å². The van der Waals surface area contributed by atoms with Crippen molar-refractivity contribution in [3.8, 4) is 0 Å². The summed E-state index contributed by atoms with van der Waals surface area (Å²) in [5, 5.41) is 0. The van der Waals surface area contributed by atoms with Gasteiger partial charge in [-0.05, 0) is 46.4 Å². The number of aryl methyl sites for hydroxylation is 1. The molecule has 1 aromatic heterocycles. The van der Waals surface area contributed by atoms with Crippen molar-refractivity contribution in [1.82, 2.24) is 4.98 Å². The maximum absolute atomic E-state index is 13.1. The van der Waals surface area contributed by atoms with Crippen LogP contribution in [0.1, 0.15) is 38.4 Å². The Balaban J connectivity index is 2.49. The van der Waals surface area contributed by atoms with E-state index in [1.54, 1.807) is 20.8 Å². The molecule has 0 aliphatic carbocycles. The molecule has 0 spiro atoms. The first-order chi connectivity index (χ1) is 11.8. The van der Waals surface area contributed by atoms with Crippen molar-refractivity contribution in [3.05, 3.63) is 23.4 Å². The molecule has 2 atom stereocenters. The smallest absolute Gasteiger partial charge is 0.416 e. The number of amides is 1. The lowest BCUT2D eigenvalue weighted by molar-refractivity contribution is -0.157. The molecule has 2 heterocycles. The number of carbonyl (C=O) groups is 2. The number of anilines is 1. The Morgan fingerprint density at radius 2 is 1.96 bits per heavy atom. The average Bonchev–Trinajstić information content (AvgIpc) is 2.80. The monoisotopic (exact) mass is 373 g/mol. The van der Waals surface area contributed by atoms with Crippen molar-refractivity contribution in [1.29, 1.82) is 0 Å². The Morgan fingerprint density at radius 1 is 1.35 bits per heavy atom. The van der Waals surface area contributed by atoms with Gasteiger partial charge < -0.3 is 10.5 Å². The fourth-order valence-corrected chi connectivity index (χ4v) is 2.88. The minimum atomic E-state index is -4.60. The normalized spacial score (nSPS) is 21.2. The minimum absolute atomic E-state index is 0.0179.